The Bertz CT molecular complexity index is 913. The first-order valence-corrected chi connectivity index (χ1v) is 9.45. The molecule has 1 aliphatic rings. The number of anilines is 1. The SMILES string of the molecule is N#Cc1ccc(N2CCC(C(=O)NCCC(=O)NCc3ccccn3)C2)c(F)c1. The van der Waals surface area contributed by atoms with Gasteiger partial charge in [-0.1, -0.05) is 6.07 Å². The number of hydrogen-bond acceptors (Lipinski definition) is 5. The Hall–Kier alpha value is -3.47. The molecule has 2 heterocycles. The summed E-state index contributed by atoms with van der Waals surface area (Å²) in [4.78, 5) is 30.2. The lowest BCUT2D eigenvalue weighted by molar-refractivity contribution is -0.124. The van der Waals surface area contributed by atoms with Crippen molar-refractivity contribution in [1.82, 2.24) is 15.6 Å². The number of amides is 2. The maximum atomic E-state index is 14.2. The molecule has 0 spiro atoms. The van der Waals surface area contributed by atoms with Gasteiger partial charge in [0.1, 0.15) is 5.82 Å². The third-order valence-corrected chi connectivity index (χ3v) is 4.82. The van der Waals surface area contributed by atoms with Crippen molar-refractivity contribution in [3.05, 3.63) is 59.7 Å². The van der Waals surface area contributed by atoms with Crippen molar-refractivity contribution in [3.8, 4) is 6.07 Å². The van der Waals surface area contributed by atoms with Crippen LogP contribution in [0.5, 0.6) is 0 Å². The second-order valence-electron chi connectivity index (χ2n) is 6.85. The molecule has 1 aromatic heterocycles. The fourth-order valence-electron chi connectivity index (χ4n) is 3.25. The molecule has 1 saturated heterocycles. The first-order chi connectivity index (χ1) is 14.1. The normalized spacial score (nSPS) is 15.6. The van der Waals surface area contributed by atoms with E-state index in [0.717, 1.165) is 5.69 Å². The second kappa shape index (κ2) is 9.64. The molecule has 3 rings (SSSR count). The summed E-state index contributed by atoms with van der Waals surface area (Å²) in [6.45, 7) is 1.56. The largest absolute Gasteiger partial charge is 0.368 e. The topological polar surface area (TPSA) is 98.1 Å². The molecular formula is C21H22FN5O2. The molecule has 150 valence electrons. The van der Waals surface area contributed by atoms with Crippen LogP contribution in [0.4, 0.5) is 10.1 Å². The highest BCUT2D eigenvalue weighted by molar-refractivity contribution is 5.81. The van der Waals surface area contributed by atoms with E-state index >= 15 is 0 Å². The van der Waals surface area contributed by atoms with E-state index in [0.29, 0.717) is 31.7 Å². The molecule has 1 aromatic carbocycles. The molecule has 7 nitrogen and oxygen atoms in total. The first-order valence-electron chi connectivity index (χ1n) is 9.45. The Morgan fingerprint density at radius 3 is 2.86 bits per heavy atom. The Morgan fingerprint density at radius 2 is 2.14 bits per heavy atom. The van der Waals surface area contributed by atoms with Crippen molar-refractivity contribution < 1.29 is 14.0 Å². The van der Waals surface area contributed by atoms with Crippen molar-refractivity contribution in [2.45, 2.75) is 19.4 Å². The molecule has 1 atom stereocenters. The summed E-state index contributed by atoms with van der Waals surface area (Å²) in [5, 5.41) is 14.4. The van der Waals surface area contributed by atoms with Gasteiger partial charge in [0, 0.05) is 32.3 Å². The predicted molar refractivity (Wildman–Crippen MR) is 105 cm³/mol. The molecule has 0 radical (unpaired) electrons. The smallest absolute Gasteiger partial charge is 0.224 e. The van der Waals surface area contributed by atoms with Gasteiger partial charge in [-0.25, -0.2) is 4.39 Å². The highest BCUT2D eigenvalue weighted by Crippen LogP contribution is 2.27. The van der Waals surface area contributed by atoms with E-state index < -0.39 is 5.82 Å². The number of pyridine rings is 1. The number of nitrogens with one attached hydrogen (secondary N) is 2. The van der Waals surface area contributed by atoms with Gasteiger partial charge in [0.2, 0.25) is 11.8 Å². The molecule has 2 aromatic rings. The summed E-state index contributed by atoms with van der Waals surface area (Å²) in [6.07, 6.45) is 2.45. The molecule has 1 unspecified atom stereocenters. The van der Waals surface area contributed by atoms with Crippen LogP contribution in [0.2, 0.25) is 0 Å². The van der Waals surface area contributed by atoms with E-state index in [-0.39, 0.29) is 36.3 Å². The minimum atomic E-state index is -0.463. The monoisotopic (exact) mass is 395 g/mol. The number of halogens is 1. The summed E-state index contributed by atoms with van der Waals surface area (Å²) in [7, 11) is 0. The molecule has 1 aliphatic heterocycles. The van der Waals surface area contributed by atoms with E-state index in [9.17, 15) is 14.0 Å². The quantitative estimate of drug-likeness (QED) is 0.744. The zero-order chi connectivity index (χ0) is 20.6. The second-order valence-corrected chi connectivity index (χ2v) is 6.85. The van der Waals surface area contributed by atoms with E-state index in [1.54, 1.807) is 29.3 Å². The van der Waals surface area contributed by atoms with Crippen LogP contribution in [-0.4, -0.2) is 36.4 Å². The van der Waals surface area contributed by atoms with Crippen molar-refractivity contribution in [1.29, 1.82) is 5.26 Å². The molecule has 2 N–H and O–H groups in total. The van der Waals surface area contributed by atoms with Crippen molar-refractivity contribution in [3.63, 3.8) is 0 Å². The zero-order valence-electron chi connectivity index (χ0n) is 15.9. The lowest BCUT2D eigenvalue weighted by Crippen LogP contribution is -2.35. The van der Waals surface area contributed by atoms with Crippen molar-refractivity contribution in [2.75, 3.05) is 24.5 Å². The first kappa shape index (κ1) is 20.3. The molecule has 0 saturated carbocycles. The van der Waals surface area contributed by atoms with Gasteiger partial charge in [-0.2, -0.15) is 5.26 Å². The van der Waals surface area contributed by atoms with Gasteiger partial charge in [-0.05, 0) is 36.8 Å². The minimum Gasteiger partial charge on any atom is -0.368 e. The van der Waals surface area contributed by atoms with Crippen LogP contribution in [-0.2, 0) is 16.1 Å². The van der Waals surface area contributed by atoms with Gasteiger partial charge in [0.05, 0.1) is 35.5 Å². The number of nitrogens with zero attached hydrogens (tertiary/aromatic N) is 3. The Balaban J connectivity index is 1.40. The fraction of sp³-hybridized carbons (Fsp3) is 0.333. The molecule has 8 heteroatoms. The maximum absolute atomic E-state index is 14.2. The average Bonchev–Trinajstić information content (AvgIpc) is 3.23. The summed E-state index contributed by atoms with van der Waals surface area (Å²) < 4.78 is 14.2. The average molecular weight is 395 g/mol. The van der Waals surface area contributed by atoms with Crippen LogP contribution >= 0.6 is 0 Å². The third kappa shape index (κ3) is 5.51. The van der Waals surface area contributed by atoms with Gasteiger partial charge < -0.3 is 15.5 Å². The Labute approximate surface area is 168 Å². The maximum Gasteiger partial charge on any atom is 0.224 e. The van der Waals surface area contributed by atoms with Crippen molar-refractivity contribution >= 4 is 17.5 Å². The number of rotatable bonds is 7. The Morgan fingerprint density at radius 1 is 1.28 bits per heavy atom. The molecule has 0 bridgehead atoms. The Kier molecular flexibility index (Phi) is 6.74. The summed E-state index contributed by atoms with van der Waals surface area (Å²) in [5.41, 5.74) is 1.43. The zero-order valence-corrected chi connectivity index (χ0v) is 15.9. The van der Waals surface area contributed by atoms with Crippen LogP contribution in [0.25, 0.3) is 0 Å². The lowest BCUT2D eigenvalue weighted by atomic mass is 10.1. The van der Waals surface area contributed by atoms with Crippen LogP contribution in [0.15, 0.2) is 42.6 Å². The predicted octanol–water partition coefficient (Wildman–Crippen LogP) is 1.74. The summed E-state index contributed by atoms with van der Waals surface area (Å²) in [5.74, 6) is -1.03. The van der Waals surface area contributed by atoms with Crippen LogP contribution in [0.1, 0.15) is 24.1 Å². The lowest BCUT2D eigenvalue weighted by Gasteiger charge is -2.19. The highest BCUT2D eigenvalue weighted by atomic mass is 19.1. The summed E-state index contributed by atoms with van der Waals surface area (Å²) >= 11 is 0. The van der Waals surface area contributed by atoms with Crippen molar-refractivity contribution in [2.24, 2.45) is 5.92 Å². The standard InChI is InChI=1S/C21H22FN5O2/c22-18-11-15(12-23)4-5-19(18)27-10-7-16(14-27)21(29)25-9-6-20(28)26-13-17-3-1-2-8-24-17/h1-5,8,11,16H,6-7,9-10,13-14H2,(H,25,29)(H,26,28). The van der Waals surface area contributed by atoms with E-state index in [1.807, 2.05) is 18.2 Å². The van der Waals surface area contributed by atoms with Crippen LogP contribution in [0, 0.1) is 23.1 Å². The minimum absolute atomic E-state index is 0.140. The van der Waals surface area contributed by atoms with E-state index in [1.165, 1.54) is 6.07 Å². The number of hydrogen-bond donors (Lipinski definition) is 2. The molecule has 29 heavy (non-hydrogen) atoms. The third-order valence-electron chi connectivity index (χ3n) is 4.82. The molecule has 2 amide bonds. The number of aromatic nitrogens is 1. The van der Waals surface area contributed by atoms with Crippen LogP contribution in [0.3, 0.4) is 0 Å². The molecule has 1 fully saturated rings. The number of carbonyl (C=O) groups excluding carboxylic acids is 2. The van der Waals surface area contributed by atoms with Gasteiger partial charge in [0.25, 0.3) is 0 Å². The van der Waals surface area contributed by atoms with Crippen LogP contribution < -0.4 is 15.5 Å². The van der Waals surface area contributed by atoms with Gasteiger partial charge >= 0.3 is 0 Å². The van der Waals surface area contributed by atoms with Gasteiger partial charge in [-0.15, -0.1) is 0 Å². The fourth-order valence-corrected chi connectivity index (χ4v) is 3.25. The summed E-state index contributed by atoms with van der Waals surface area (Å²) in [6, 6.07) is 11.7. The van der Waals surface area contributed by atoms with Gasteiger partial charge in [-0.3, -0.25) is 14.6 Å². The highest BCUT2D eigenvalue weighted by Gasteiger charge is 2.29. The van der Waals surface area contributed by atoms with E-state index in [2.05, 4.69) is 15.6 Å². The molecule has 0 aliphatic carbocycles. The molecular weight excluding hydrogens is 373 g/mol. The number of benzene rings is 1. The van der Waals surface area contributed by atoms with Gasteiger partial charge in [0.15, 0.2) is 0 Å². The number of carbonyl (C=O) groups is 2. The van der Waals surface area contributed by atoms with E-state index in [4.69, 9.17) is 5.26 Å². The number of nitriles is 1.